The number of likely N-dealkylation sites (N-methyl/N-ethyl adjacent to an activating group) is 1. The Morgan fingerprint density at radius 2 is 1.85 bits per heavy atom. The fraction of sp³-hybridized carbons (Fsp3) is 0.200. The van der Waals surface area contributed by atoms with Gasteiger partial charge in [-0.1, -0.05) is 25.1 Å². The van der Waals surface area contributed by atoms with Crippen molar-refractivity contribution in [2.75, 3.05) is 18.9 Å². The van der Waals surface area contributed by atoms with Crippen LogP contribution >= 0.6 is 31.9 Å². The molecule has 0 aliphatic carbocycles. The first-order chi connectivity index (χ1) is 12.9. The molecule has 5 nitrogen and oxygen atoms in total. The van der Waals surface area contributed by atoms with Gasteiger partial charge >= 0.3 is 0 Å². The highest BCUT2D eigenvalue weighted by Gasteiger charge is 2.19. The lowest BCUT2D eigenvalue weighted by atomic mass is 10.1. The van der Waals surface area contributed by atoms with Crippen LogP contribution in [-0.2, 0) is 11.2 Å². The van der Waals surface area contributed by atoms with Gasteiger partial charge in [0, 0.05) is 38.8 Å². The van der Waals surface area contributed by atoms with Crippen LogP contribution in [0.2, 0.25) is 0 Å². The first-order valence-electron chi connectivity index (χ1n) is 8.50. The van der Waals surface area contributed by atoms with Crippen LogP contribution in [0.1, 0.15) is 22.8 Å². The number of nitrogens with one attached hydrogen (secondary N) is 2. The van der Waals surface area contributed by atoms with Crippen molar-refractivity contribution in [3.05, 3.63) is 62.7 Å². The maximum atomic E-state index is 12.8. The van der Waals surface area contributed by atoms with Crippen LogP contribution in [-0.4, -0.2) is 35.3 Å². The van der Waals surface area contributed by atoms with Crippen LogP contribution in [0.4, 0.5) is 5.69 Å². The smallest absolute Gasteiger partial charge is 0.256 e. The summed E-state index contributed by atoms with van der Waals surface area (Å²) in [6.07, 6.45) is 2.50. The predicted molar refractivity (Wildman–Crippen MR) is 115 cm³/mol. The standard InChI is InChI=1S/C20H19Br2N3O2/c1-3-12-6-4-5-7-17(12)24-19(26)11-25(2)20(27)14-10-23-18-9-16(22)15(21)8-13(14)18/h4-10,23H,3,11H2,1-2H3,(H,24,26). The van der Waals surface area contributed by atoms with E-state index in [1.54, 1.807) is 13.2 Å². The Balaban J connectivity index is 1.74. The molecule has 1 aromatic heterocycles. The first-order valence-corrected chi connectivity index (χ1v) is 10.1. The Bertz CT molecular complexity index is 1010. The van der Waals surface area contributed by atoms with Crippen molar-refractivity contribution in [1.82, 2.24) is 9.88 Å². The summed E-state index contributed by atoms with van der Waals surface area (Å²) in [5.41, 5.74) is 3.23. The van der Waals surface area contributed by atoms with E-state index in [4.69, 9.17) is 0 Å². The van der Waals surface area contributed by atoms with E-state index in [1.807, 2.05) is 43.3 Å². The molecule has 0 saturated heterocycles. The fourth-order valence-corrected chi connectivity index (χ4v) is 3.61. The normalized spacial score (nSPS) is 10.8. The second kappa shape index (κ2) is 8.27. The van der Waals surface area contributed by atoms with Gasteiger partial charge in [0.15, 0.2) is 0 Å². The van der Waals surface area contributed by atoms with E-state index in [1.165, 1.54) is 4.90 Å². The highest BCUT2D eigenvalue weighted by atomic mass is 79.9. The number of aromatic amines is 1. The molecule has 2 aromatic carbocycles. The van der Waals surface area contributed by atoms with E-state index < -0.39 is 0 Å². The third kappa shape index (κ3) is 4.25. The quantitative estimate of drug-likeness (QED) is 0.528. The van der Waals surface area contributed by atoms with Gasteiger partial charge in [0.1, 0.15) is 0 Å². The number of halogens is 2. The molecule has 0 aliphatic heterocycles. The molecule has 2 amide bonds. The van der Waals surface area contributed by atoms with Gasteiger partial charge in [0.2, 0.25) is 5.91 Å². The number of nitrogens with zero attached hydrogens (tertiary/aromatic N) is 1. The van der Waals surface area contributed by atoms with Crippen molar-refractivity contribution in [2.24, 2.45) is 0 Å². The first kappa shape index (κ1) is 19.6. The number of H-pyrrole nitrogens is 1. The van der Waals surface area contributed by atoms with Gasteiger partial charge in [-0.15, -0.1) is 0 Å². The van der Waals surface area contributed by atoms with Crippen molar-refractivity contribution < 1.29 is 9.59 Å². The van der Waals surface area contributed by atoms with E-state index in [0.29, 0.717) is 5.56 Å². The lowest BCUT2D eigenvalue weighted by Gasteiger charge is -2.17. The highest BCUT2D eigenvalue weighted by Crippen LogP contribution is 2.30. The number of aromatic nitrogens is 1. The maximum absolute atomic E-state index is 12.8. The van der Waals surface area contributed by atoms with Gasteiger partial charge in [-0.25, -0.2) is 0 Å². The van der Waals surface area contributed by atoms with Gasteiger partial charge in [-0.05, 0) is 62.0 Å². The van der Waals surface area contributed by atoms with Crippen molar-refractivity contribution in [1.29, 1.82) is 0 Å². The highest BCUT2D eigenvalue weighted by molar-refractivity contribution is 9.13. The van der Waals surface area contributed by atoms with E-state index >= 15 is 0 Å². The minimum absolute atomic E-state index is 0.0265. The number of anilines is 1. The Hall–Kier alpha value is -2.12. The van der Waals surface area contributed by atoms with Gasteiger partial charge < -0.3 is 15.2 Å². The van der Waals surface area contributed by atoms with Gasteiger partial charge in [-0.2, -0.15) is 0 Å². The summed E-state index contributed by atoms with van der Waals surface area (Å²) in [5, 5.41) is 3.70. The average molecular weight is 493 g/mol. The van der Waals surface area contributed by atoms with Crippen LogP contribution in [0.3, 0.4) is 0 Å². The Kier molecular flexibility index (Phi) is 6.01. The molecule has 1 heterocycles. The van der Waals surface area contributed by atoms with Crippen molar-refractivity contribution in [3.8, 4) is 0 Å². The SMILES string of the molecule is CCc1ccccc1NC(=O)CN(C)C(=O)c1c[nH]c2cc(Br)c(Br)cc12. The molecule has 0 unspecified atom stereocenters. The summed E-state index contributed by atoms with van der Waals surface area (Å²) in [6, 6.07) is 11.5. The lowest BCUT2D eigenvalue weighted by Crippen LogP contribution is -2.35. The number of amides is 2. The number of hydrogen-bond acceptors (Lipinski definition) is 2. The van der Waals surface area contributed by atoms with Crippen LogP contribution < -0.4 is 5.32 Å². The largest absolute Gasteiger partial charge is 0.360 e. The zero-order valence-corrected chi connectivity index (χ0v) is 18.1. The second-order valence-corrected chi connectivity index (χ2v) is 7.94. The molecular formula is C20H19Br2N3O2. The number of fused-ring (bicyclic) bond motifs is 1. The number of para-hydroxylation sites is 1. The molecule has 27 heavy (non-hydrogen) atoms. The van der Waals surface area contributed by atoms with Gasteiger partial charge in [-0.3, -0.25) is 9.59 Å². The lowest BCUT2D eigenvalue weighted by molar-refractivity contribution is -0.116. The molecule has 0 radical (unpaired) electrons. The molecule has 0 aliphatic rings. The number of carbonyl (C=O) groups is 2. The predicted octanol–water partition coefficient (Wildman–Crippen LogP) is 4.97. The molecule has 140 valence electrons. The van der Waals surface area contributed by atoms with Crippen molar-refractivity contribution >= 4 is 60.3 Å². The summed E-state index contributed by atoms with van der Waals surface area (Å²) < 4.78 is 1.76. The number of carbonyl (C=O) groups excluding carboxylic acids is 2. The van der Waals surface area contributed by atoms with Crippen molar-refractivity contribution in [2.45, 2.75) is 13.3 Å². The van der Waals surface area contributed by atoms with Crippen LogP contribution in [0.25, 0.3) is 10.9 Å². The summed E-state index contributed by atoms with van der Waals surface area (Å²) in [6.45, 7) is 2.01. The van der Waals surface area contributed by atoms with Gasteiger partial charge in [0.05, 0.1) is 12.1 Å². The molecule has 0 fully saturated rings. The van der Waals surface area contributed by atoms with E-state index in [2.05, 4.69) is 42.2 Å². The topological polar surface area (TPSA) is 65.2 Å². The summed E-state index contributed by atoms with van der Waals surface area (Å²) >= 11 is 6.91. The van der Waals surface area contributed by atoms with E-state index in [0.717, 1.165) is 37.5 Å². The molecular weight excluding hydrogens is 474 g/mol. The van der Waals surface area contributed by atoms with Gasteiger partial charge in [0.25, 0.3) is 5.91 Å². The van der Waals surface area contributed by atoms with Crippen LogP contribution in [0.15, 0.2) is 51.5 Å². The Morgan fingerprint density at radius 1 is 1.15 bits per heavy atom. The molecule has 0 spiro atoms. The second-order valence-electron chi connectivity index (χ2n) is 6.23. The number of aryl methyl sites for hydroxylation is 1. The van der Waals surface area contributed by atoms with Crippen LogP contribution in [0.5, 0.6) is 0 Å². The number of benzene rings is 2. The fourth-order valence-electron chi connectivity index (χ4n) is 2.93. The molecule has 3 aromatic rings. The third-order valence-corrected chi connectivity index (χ3v) is 6.20. The molecule has 0 bridgehead atoms. The van der Waals surface area contributed by atoms with Crippen molar-refractivity contribution in [3.63, 3.8) is 0 Å². The molecule has 3 rings (SSSR count). The molecule has 0 atom stereocenters. The zero-order valence-electron chi connectivity index (χ0n) is 15.0. The summed E-state index contributed by atoms with van der Waals surface area (Å²) in [7, 11) is 1.63. The Morgan fingerprint density at radius 3 is 2.59 bits per heavy atom. The minimum atomic E-state index is -0.226. The van der Waals surface area contributed by atoms with Crippen LogP contribution in [0, 0.1) is 0 Å². The minimum Gasteiger partial charge on any atom is -0.360 e. The monoisotopic (exact) mass is 491 g/mol. The third-order valence-electron chi connectivity index (χ3n) is 4.35. The molecule has 7 heteroatoms. The summed E-state index contributed by atoms with van der Waals surface area (Å²) in [5.74, 6) is -0.440. The maximum Gasteiger partial charge on any atom is 0.256 e. The number of rotatable bonds is 5. The molecule has 2 N–H and O–H groups in total. The summed E-state index contributed by atoms with van der Waals surface area (Å²) in [4.78, 5) is 29.7. The van der Waals surface area contributed by atoms with E-state index in [-0.39, 0.29) is 18.4 Å². The average Bonchev–Trinajstić information content (AvgIpc) is 3.04. The molecule has 0 saturated carbocycles. The zero-order chi connectivity index (χ0) is 19.6. The number of hydrogen-bond donors (Lipinski definition) is 2. The Labute approximate surface area is 174 Å². The van der Waals surface area contributed by atoms with E-state index in [9.17, 15) is 9.59 Å².